The van der Waals surface area contributed by atoms with E-state index in [1.54, 1.807) is 10.6 Å². The molecule has 0 saturated carbocycles. The highest BCUT2D eigenvalue weighted by atomic mass is 79.9. The van der Waals surface area contributed by atoms with E-state index >= 15 is 0 Å². The van der Waals surface area contributed by atoms with Gasteiger partial charge in [0.25, 0.3) is 0 Å². The fourth-order valence-corrected chi connectivity index (χ4v) is 3.62. The zero-order valence-corrected chi connectivity index (χ0v) is 15.9. The lowest BCUT2D eigenvalue weighted by atomic mass is 10.1. The lowest BCUT2D eigenvalue weighted by Gasteiger charge is -2.16. The summed E-state index contributed by atoms with van der Waals surface area (Å²) in [5.74, 6) is 0.625. The maximum absolute atomic E-state index is 11.3. The van der Waals surface area contributed by atoms with E-state index in [2.05, 4.69) is 21.1 Å². The van der Waals surface area contributed by atoms with Crippen molar-refractivity contribution in [2.75, 3.05) is 0 Å². The molecular weight excluding hydrogens is 384 g/mol. The lowest BCUT2D eigenvalue weighted by molar-refractivity contribution is 0.239. The number of nitrogens with zero attached hydrogens (tertiary/aromatic N) is 2. The predicted octanol–water partition coefficient (Wildman–Crippen LogP) is 5.65. The molecular formula is C19H19BrN2O3. The number of rotatable bonds is 5. The summed E-state index contributed by atoms with van der Waals surface area (Å²) in [7, 11) is 0. The van der Waals surface area contributed by atoms with Gasteiger partial charge < -0.3 is 14.4 Å². The van der Waals surface area contributed by atoms with Crippen LogP contribution in [0, 0.1) is 11.8 Å². The van der Waals surface area contributed by atoms with Crippen LogP contribution in [0.5, 0.6) is 11.6 Å². The van der Waals surface area contributed by atoms with E-state index < -0.39 is 0 Å². The van der Waals surface area contributed by atoms with Crippen LogP contribution in [0.15, 0.2) is 46.0 Å². The molecule has 0 bridgehead atoms. The van der Waals surface area contributed by atoms with Crippen molar-refractivity contribution in [1.29, 1.82) is 0 Å². The van der Waals surface area contributed by atoms with Crippen molar-refractivity contribution in [3.05, 3.63) is 56.9 Å². The van der Waals surface area contributed by atoms with Crippen molar-refractivity contribution in [2.24, 2.45) is 5.18 Å². The molecule has 0 saturated heterocycles. The molecule has 0 aliphatic carbocycles. The number of para-hydroxylation sites is 1. The standard InChI is InChI=1S/C19H19BrN2O3/c1-11(2)25-16-7-5-4-6-13(16)10-22-18-12(3)8-14(20)9-15(18)17(21-24)19(22)23/h4-9,11,23H,10H2,1-3H3. The SMILES string of the molecule is Cc1cc(Br)cc2c(N=O)c(O)n(Cc3ccccc3OC(C)C)c12. The molecule has 0 fully saturated rings. The Hall–Kier alpha value is -2.34. The quantitative estimate of drug-likeness (QED) is 0.560. The molecule has 25 heavy (non-hydrogen) atoms. The zero-order chi connectivity index (χ0) is 18.1. The molecule has 0 aliphatic heterocycles. The van der Waals surface area contributed by atoms with E-state index in [0.717, 1.165) is 26.9 Å². The fourth-order valence-electron chi connectivity index (χ4n) is 3.05. The lowest BCUT2D eigenvalue weighted by Crippen LogP contribution is -2.09. The molecule has 6 heteroatoms. The zero-order valence-electron chi connectivity index (χ0n) is 14.3. The van der Waals surface area contributed by atoms with E-state index in [1.165, 1.54) is 0 Å². The van der Waals surface area contributed by atoms with E-state index in [0.29, 0.717) is 11.9 Å². The number of ether oxygens (including phenoxy) is 1. The molecule has 0 atom stereocenters. The normalized spacial score (nSPS) is 11.2. The third-order valence-corrected chi connectivity index (χ3v) is 4.47. The van der Waals surface area contributed by atoms with Gasteiger partial charge in [-0.05, 0) is 49.7 Å². The number of benzene rings is 2. The molecule has 1 heterocycles. The van der Waals surface area contributed by atoms with Crippen LogP contribution in [0.25, 0.3) is 10.9 Å². The smallest absolute Gasteiger partial charge is 0.222 e. The van der Waals surface area contributed by atoms with E-state index in [-0.39, 0.29) is 17.7 Å². The molecule has 130 valence electrons. The molecule has 0 unspecified atom stereocenters. The highest BCUT2D eigenvalue weighted by Crippen LogP contribution is 2.42. The molecule has 1 aromatic heterocycles. The van der Waals surface area contributed by atoms with Gasteiger partial charge in [-0.3, -0.25) is 0 Å². The number of aryl methyl sites for hydroxylation is 1. The molecule has 0 spiro atoms. The van der Waals surface area contributed by atoms with Crippen LogP contribution in [-0.4, -0.2) is 15.8 Å². The fraction of sp³-hybridized carbons (Fsp3) is 0.263. The van der Waals surface area contributed by atoms with Crippen LogP contribution >= 0.6 is 15.9 Å². The Kier molecular flexibility index (Phi) is 4.81. The van der Waals surface area contributed by atoms with Gasteiger partial charge in [-0.1, -0.05) is 34.1 Å². The summed E-state index contributed by atoms with van der Waals surface area (Å²) in [4.78, 5) is 11.3. The number of aromatic hydroxyl groups is 1. The van der Waals surface area contributed by atoms with Crippen LogP contribution in [0.2, 0.25) is 0 Å². The van der Waals surface area contributed by atoms with Crippen molar-refractivity contribution < 1.29 is 9.84 Å². The van der Waals surface area contributed by atoms with Crippen molar-refractivity contribution in [1.82, 2.24) is 4.57 Å². The average molecular weight is 403 g/mol. The second-order valence-electron chi connectivity index (χ2n) is 6.24. The third-order valence-electron chi connectivity index (χ3n) is 4.01. The Morgan fingerprint density at radius 2 is 2.00 bits per heavy atom. The summed E-state index contributed by atoms with van der Waals surface area (Å²) in [6.07, 6.45) is 0.0426. The summed E-state index contributed by atoms with van der Waals surface area (Å²) >= 11 is 3.43. The minimum atomic E-state index is -0.134. The van der Waals surface area contributed by atoms with Gasteiger partial charge in [-0.2, -0.15) is 0 Å². The van der Waals surface area contributed by atoms with Crippen molar-refractivity contribution >= 4 is 32.5 Å². The molecule has 1 N–H and O–H groups in total. The minimum absolute atomic E-state index is 0.0426. The first kappa shape index (κ1) is 17.5. The van der Waals surface area contributed by atoms with Gasteiger partial charge in [-0.15, -0.1) is 4.91 Å². The monoisotopic (exact) mass is 402 g/mol. The van der Waals surface area contributed by atoms with Crippen molar-refractivity contribution in [3.63, 3.8) is 0 Å². The van der Waals surface area contributed by atoms with Crippen LogP contribution in [0.1, 0.15) is 25.0 Å². The Bertz CT molecular complexity index is 947. The number of nitroso groups, excluding NO2 is 1. The third kappa shape index (κ3) is 3.26. The topological polar surface area (TPSA) is 63.8 Å². The van der Waals surface area contributed by atoms with E-state index in [4.69, 9.17) is 4.74 Å². The first-order chi connectivity index (χ1) is 11.9. The summed E-state index contributed by atoms with van der Waals surface area (Å²) in [6, 6.07) is 11.4. The number of halogens is 1. The average Bonchev–Trinajstić information content (AvgIpc) is 2.80. The van der Waals surface area contributed by atoms with Gasteiger partial charge in [0.1, 0.15) is 5.75 Å². The molecule has 3 rings (SSSR count). The Morgan fingerprint density at radius 1 is 1.28 bits per heavy atom. The number of aromatic nitrogens is 1. The maximum atomic E-state index is 11.3. The highest BCUT2D eigenvalue weighted by molar-refractivity contribution is 9.10. The van der Waals surface area contributed by atoms with Crippen LogP contribution in [0.4, 0.5) is 5.69 Å². The number of fused-ring (bicyclic) bond motifs is 1. The highest BCUT2D eigenvalue weighted by Gasteiger charge is 2.20. The summed E-state index contributed by atoms with van der Waals surface area (Å²) < 4.78 is 8.41. The Morgan fingerprint density at radius 3 is 2.68 bits per heavy atom. The Balaban J connectivity index is 2.18. The van der Waals surface area contributed by atoms with Crippen LogP contribution in [0.3, 0.4) is 0 Å². The molecule has 0 amide bonds. The number of hydrogen-bond donors (Lipinski definition) is 1. The molecule has 2 aromatic carbocycles. The van der Waals surface area contributed by atoms with Gasteiger partial charge in [0.05, 0.1) is 18.2 Å². The van der Waals surface area contributed by atoms with Crippen molar-refractivity contribution in [2.45, 2.75) is 33.4 Å². The second-order valence-corrected chi connectivity index (χ2v) is 7.16. The molecule has 5 nitrogen and oxygen atoms in total. The Labute approximate surface area is 154 Å². The summed E-state index contributed by atoms with van der Waals surface area (Å²) in [6.45, 7) is 6.25. The van der Waals surface area contributed by atoms with Gasteiger partial charge in [0.15, 0.2) is 5.69 Å². The number of hydrogen-bond acceptors (Lipinski definition) is 4. The first-order valence-electron chi connectivity index (χ1n) is 8.01. The van der Waals surface area contributed by atoms with Gasteiger partial charge in [-0.25, -0.2) is 0 Å². The summed E-state index contributed by atoms with van der Waals surface area (Å²) in [5, 5.41) is 14.2. The van der Waals surface area contributed by atoms with Gasteiger partial charge in [0, 0.05) is 15.4 Å². The molecule has 0 aliphatic rings. The van der Waals surface area contributed by atoms with E-state index in [9.17, 15) is 10.0 Å². The largest absolute Gasteiger partial charge is 0.493 e. The second kappa shape index (κ2) is 6.88. The van der Waals surface area contributed by atoms with Gasteiger partial charge >= 0.3 is 0 Å². The van der Waals surface area contributed by atoms with Crippen LogP contribution < -0.4 is 4.74 Å². The molecule has 0 radical (unpaired) electrons. The first-order valence-corrected chi connectivity index (χ1v) is 8.81. The minimum Gasteiger partial charge on any atom is -0.493 e. The summed E-state index contributed by atoms with van der Waals surface area (Å²) in [5.41, 5.74) is 2.70. The van der Waals surface area contributed by atoms with Crippen molar-refractivity contribution in [3.8, 4) is 11.6 Å². The van der Waals surface area contributed by atoms with E-state index in [1.807, 2.05) is 51.1 Å². The van der Waals surface area contributed by atoms with Gasteiger partial charge in [0.2, 0.25) is 5.88 Å². The predicted molar refractivity (Wildman–Crippen MR) is 103 cm³/mol. The maximum Gasteiger partial charge on any atom is 0.222 e. The molecule has 3 aromatic rings. The van der Waals surface area contributed by atoms with Crippen LogP contribution in [-0.2, 0) is 6.54 Å².